The number of rotatable bonds is 11. The minimum atomic E-state index is 1.23. The van der Waals surface area contributed by atoms with E-state index in [0.717, 1.165) is 0 Å². The van der Waals surface area contributed by atoms with Crippen molar-refractivity contribution in [1.29, 1.82) is 0 Å². The Morgan fingerprint density at radius 3 is 2.08 bits per heavy atom. The van der Waals surface area contributed by atoms with Crippen LogP contribution in [0.1, 0.15) is 74.1 Å². The van der Waals surface area contributed by atoms with Crippen molar-refractivity contribution >= 4 is 0 Å². The molecule has 0 heterocycles. The van der Waals surface area contributed by atoms with Gasteiger partial charge in [0.1, 0.15) is 0 Å². The third kappa shape index (κ3) is 6.51. The van der Waals surface area contributed by atoms with E-state index < -0.39 is 0 Å². The summed E-state index contributed by atoms with van der Waals surface area (Å²) in [4.78, 5) is 0. The van der Waals surface area contributed by atoms with Gasteiger partial charge >= 0.3 is 0 Å². The lowest BCUT2D eigenvalue weighted by atomic mass is 9.93. The second-order valence-corrected chi connectivity index (χ2v) is 7.07. The summed E-state index contributed by atoms with van der Waals surface area (Å²) in [5.74, 6) is 0. The molecule has 130 valence electrons. The SMILES string of the molecule is CCCCCc1c(C)cccc1CCCCCCc1ccccc1. The highest BCUT2D eigenvalue weighted by atomic mass is 14.1. The predicted octanol–water partition coefficient (Wildman–Crippen LogP) is 7.07. The lowest BCUT2D eigenvalue weighted by molar-refractivity contribution is 0.636. The lowest BCUT2D eigenvalue weighted by Crippen LogP contribution is -1.98. The van der Waals surface area contributed by atoms with E-state index in [1.807, 2.05) is 0 Å². The summed E-state index contributed by atoms with van der Waals surface area (Å²) in [6, 6.07) is 17.8. The van der Waals surface area contributed by atoms with E-state index in [1.54, 1.807) is 11.1 Å². The maximum absolute atomic E-state index is 2.36. The van der Waals surface area contributed by atoms with Crippen LogP contribution < -0.4 is 0 Å². The van der Waals surface area contributed by atoms with E-state index in [2.05, 4.69) is 62.4 Å². The Hall–Kier alpha value is -1.56. The van der Waals surface area contributed by atoms with Crippen LogP contribution in [0.3, 0.4) is 0 Å². The van der Waals surface area contributed by atoms with Crippen molar-refractivity contribution in [2.75, 3.05) is 0 Å². The topological polar surface area (TPSA) is 0 Å². The van der Waals surface area contributed by atoms with Gasteiger partial charge in [-0.3, -0.25) is 0 Å². The van der Waals surface area contributed by atoms with Gasteiger partial charge in [-0.1, -0.05) is 81.1 Å². The van der Waals surface area contributed by atoms with Crippen molar-refractivity contribution in [2.45, 2.75) is 78.1 Å². The number of unbranched alkanes of at least 4 members (excludes halogenated alkanes) is 5. The smallest absolute Gasteiger partial charge is 0.0274 e. The van der Waals surface area contributed by atoms with Crippen LogP contribution in [-0.2, 0) is 19.3 Å². The van der Waals surface area contributed by atoms with Crippen molar-refractivity contribution in [3.63, 3.8) is 0 Å². The Morgan fingerprint density at radius 2 is 1.33 bits per heavy atom. The van der Waals surface area contributed by atoms with Gasteiger partial charge < -0.3 is 0 Å². The van der Waals surface area contributed by atoms with E-state index >= 15 is 0 Å². The summed E-state index contributed by atoms with van der Waals surface area (Å²) < 4.78 is 0. The molecule has 2 rings (SSSR count). The predicted molar refractivity (Wildman–Crippen MR) is 107 cm³/mol. The summed E-state index contributed by atoms with van der Waals surface area (Å²) >= 11 is 0. The van der Waals surface area contributed by atoms with Crippen LogP contribution >= 0.6 is 0 Å². The molecule has 0 spiro atoms. The van der Waals surface area contributed by atoms with Crippen LogP contribution in [0.2, 0.25) is 0 Å². The molecule has 0 saturated heterocycles. The van der Waals surface area contributed by atoms with Gasteiger partial charge in [0.15, 0.2) is 0 Å². The number of hydrogen-bond donors (Lipinski definition) is 0. The summed E-state index contributed by atoms with van der Waals surface area (Å²) in [6.07, 6.45) is 13.1. The molecule has 0 amide bonds. The normalized spacial score (nSPS) is 10.9. The molecule has 0 radical (unpaired) electrons. The summed E-state index contributed by atoms with van der Waals surface area (Å²) in [6.45, 7) is 4.57. The fraction of sp³-hybridized carbons (Fsp3) is 0.500. The molecule has 0 N–H and O–H groups in total. The third-order valence-electron chi connectivity index (χ3n) is 5.04. The van der Waals surface area contributed by atoms with E-state index in [4.69, 9.17) is 0 Å². The Labute approximate surface area is 149 Å². The minimum Gasteiger partial charge on any atom is -0.0654 e. The molecule has 0 nitrogen and oxygen atoms in total. The van der Waals surface area contributed by atoms with Gasteiger partial charge in [-0.25, -0.2) is 0 Å². The van der Waals surface area contributed by atoms with Crippen molar-refractivity contribution in [1.82, 2.24) is 0 Å². The maximum Gasteiger partial charge on any atom is -0.0274 e. The molecule has 0 bridgehead atoms. The molecule has 0 fully saturated rings. The molecule has 0 unspecified atom stereocenters. The van der Waals surface area contributed by atoms with E-state index in [-0.39, 0.29) is 0 Å². The molecule has 2 aromatic rings. The van der Waals surface area contributed by atoms with Crippen LogP contribution in [0, 0.1) is 6.92 Å². The van der Waals surface area contributed by atoms with E-state index in [0.29, 0.717) is 0 Å². The van der Waals surface area contributed by atoms with Crippen molar-refractivity contribution in [2.24, 2.45) is 0 Å². The Balaban J connectivity index is 1.70. The first-order chi connectivity index (χ1) is 11.8. The highest BCUT2D eigenvalue weighted by Gasteiger charge is 2.05. The second-order valence-electron chi connectivity index (χ2n) is 7.07. The molecule has 0 aliphatic carbocycles. The molecule has 0 heteroatoms. The van der Waals surface area contributed by atoms with Crippen molar-refractivity contribution < 1.29 is 0 Å². The molecular weight excluding hydrogens is 288 g/mol. The fourth-order valence-corrected chi connectivity index (χ4v) is 3.55. The van der Waals surface area contributed by atoms with Gasteiger partial charge in [-0.15, -0.1) is 0 Å². The largest absolute Gasteiger partial charge is 0.0654 e. The van der Waals surface area contributed by atoms with Gasteiger partial charge in [0.05, 0.1) is 0 Å². The van der Waals surface area contributed by atoms with E-state index in [9.17, 15) is 0 Å². The monoisotopic (exact) mass is 322 g/mol. The van der Waals surface area contributed by atoms with Crippen LogP contribution in [0.15, 0.2) is 48.5 Å². The molecular formula is C24H34. The molecule has 0 aliphatic rings. The number of aryl methyl sites for hydroxylation is 3. The van der Waals surface area contributed by atoms with Gasteiger partial charge in [-0.05, 0) is 67.7 Å². The first-order valence-corrected chi connectivity index (χ1v) is 9.92. The molecule has 0 aromatic heterocycles. The zero-order valence-electron chi connectivity index (χ0n) is 15.7. The highest BCUT2D eigenvalue weighted by molar-refractivity contribution is 5.34. The van der Waals surface area contributed by atoms with Gasteiger partial charge in [0.25, 0.3) is 0 Å². The fourth-order valence-electron chi connectivity index (χ4n) is 3.55. The maximum atomic E-state index is 2.36. The van der Waals surface area contributed by atoms with E-state index in [1.165, 1.54) is 75.3 Å². The first kappa shape index (κ1) is 18.8. The average Bonchev–Trinajstić information content (AvgIpc) is 2.61. The summed E-state index contributed by atoms with van der Waals surface area (Å²) in [5.41, 5.74) is 6.21. The van der Waals surface area contributed by atoms with Gasteiger partial charge in [-0.2, -0.15) is 0 Å². The second kappa shape index (κ2) is 11.1. The summed E-state index contributed by atoms with van der Waals surface area (Å²) in [5, 5.41) is 0. The Bertz CT molecular complexity index is 568. The molecule has 0 aliphatic heterocycles. The summed E-state index contributed by atoms with van der Waals surface area (Å²) in [7, 11) is 0. The lowest BCUT2D eigenvalue weighted by Gasteiger charge is -2.12. The van der Waals surface area contributed by atoms with Crippen LogP contribution in [-0.4, -0.2) is 0 Å². The molecule has 24 heavy (non-hydrogen) atoms. The van der Waals surface area contributed by atoms with Gasteiger partial charge in [0.2, 0.25) is 0 Å². The highest BCUT2D eigenvalue weighted by Crippen LogP contribution is 2.20. The zero-order chi connectivity index (χ0) is 17.0. The average molecular weight is 323 g/mol. The van der Waals surface area contributed by atoms with Crippen LogP contribution in [0.25, 0.3) is 0 Å². The van der Waals surface area contributed by atoms with Gasteiger partial charge in [0, 0.05) is 0 Å². The Kier molecular flexibility index (Phi) is 8.66. The molecule has 0 saturated carbocycles. The van der Waals surface area contributed by atoms with Crippen molar-refractivity contribution in [3.05, 3.63) is 70.8 Å². The minimum absolute atomic E-state index is 1.23. The number of hydrogen-bond acceptors (Lipinski definition) is 0. The number of benzene rings is 2. The first-order valence-electron chi connectivity index (χ1n) is 9.92. The standard InChI is InChI=1S/C24H34/c1-3-4-8-20-24-21(2)14-13-19-23(24)18-12-6-5-9-15-22-16-10-7-11-17-22/h7,10-11,13-14,16-17,19H,3-6,8-9,12,15,18,20H2,1-2H3. The molecule has 0 atom stereocenters. The third-order valence-corrected chi connectivity index (χ3v) is 5.04. The quantitative estimate of drug-likeness (QED) is 0.388. The van der Waals surface area contributed by atoms with Crippen LogP contribution in [0.5, 0.6) is 0 Å². The Morgan fingerprint density at radius 1 is 0.625 bits per heavy atom. The molecule has 2 aromatic carbocycles. The zero-order valence-corrected chi connectivity index (χ0v) is 15.7. The van der Waals surface area contributed by atoms with Crippen molar-refractivity contribution in [3.8, 4) is 0 Å². The van der Waals surface area contributed by atoms with Crippen LogP contribution in [0.4, 0.5) is 0 Å².